The minimum absolute atomic E-state index is 0.247. The zero-order chi connectivity index (χ0) is 15.3. The Morgan fingerprint density at radius 2 is 2.00 bits per heavy atom. The average molecular weight is 298 g/mol. The molecule has 0 aliphatic rings. The zero-order valence-electron chi connectivity index (χ0n) is 12.0. The third kappa shape index (κ3) is 4.85. The first-order valence-corrected chi connectivity index (χ1v) is 6.89. The first kappa shape index (κ1) is 16.5. The first-order valence-electron chi connectivity index (χ1n) is 6.52. The van der Waals surface area contributed by atoms with Gasteiger partial charge in [0.05, 0.1) is 0 Å². The van der Waals surface area contributed by atoms with Gasteiger partial charge in [0.1, 0.15) is 5.54 Å². The quantitative estimate of drug-likeness (QED) is 0.848. The molecule has 110 valence electrons. The monoisotopic (exact) mass is 297 g/mol. The molecule has 1 aromatic rings. The maximum atomic E-state index is 11.7. The van der Waals surface area contributed by atoms with Crippen molar-refractivity contribution in [2.45, 2.75) is 45.6 Å². The second-order valence-electron chi connectivity index (χ2n) is 5.42. The topological polar surface area (TPSA) is 66.4 Å². The van der Waals surface area contributed by atoms with Crippen molar-refractivity contribution in [3.05, 3.63) is 34.3 Å². The number of aliphatic carboxylic acids is 1. The molecule has 1 aromatic carbocycles. The van der Waals surface area contributed by atoms with Crippen molar-refractivity contribution in [3.8, 4) is 0 Å². The lowest BCUT2D eigenvalue weighted by atomic mass is 10.0. The molecule has 0 spiro atoms. The van der Waals surface area contributed by atoms with E-state index in [9.17, 15) is 9.59 Å². The number of benzene rings is 1. The molecule has 0 heterocycles. The van der Waals surface area contributed by atoms with Gasteiger partial charge in [0.15, 0.2) is 0 Å². The van der Waals surface area contributed by atoms with Crippen molar-refractivity contribution < 1.29 is 14.7 Å². The van der Waals surface area contributed by atoms with Crippen molar-refractivity contribution in [2.24, 2.45) is 0 Å². The Balaban J connectivity index is 2.42. The SMILES string of the molecule is Cc1cc(CCCC(=O)NC(C)(C)C(=O)O)ccc1Cl. The molecule has 1 rings (SSSR count). The minimum Gasteiger partial charge on any atom is -0.480 e. The lowest BCUT2D eigenvalue weighted by molar-refractivity contribution is -0.146. The van der Waals surface area contributed by atoms with Gasteiger partial charge in [-0.15, -0.1) is 0 Å². The Morgan fingerprint density at radius 1 is 1.35 bits per heavy atom. The summed E-state index contributed by atoms with van der Waals surface area (Å²) in [6.45, 7) is 4.87. The first-order chi connectivity index (χ1) is 9.22. The van der Waals surface area contributed by atoms with Gasteiger partial charge in [-0.25, -0.2) is 4.79 Å². The molecule has 0 aliphatic carbocycles. The van der Waals surface area contributed by atoms with E-state index in [1.807, 2.05) is 25.1 Å². The highest BCUT2D eigenvalue weighted by molar-refractivity contribution is 6.31. The van der Waals surface area contributed by atoms with E-state index in [1.165, 1.54) is 13.8 Å². The number of rotatable bonds is 6. The van der Waals surface area contributed by atoms with Crippen LogP contribution in [0.4, 0.5) is 0 Å². The fourth-order valence-electron chi connectivity index (χ4n) is 1.78. The van der Waals surface area contributed by atoms with Gasteiger partial charge in [-0.1, -0.05) is 23.7 Å². The summed E-state index contributed by atoms with van der Waals surface area (Å²) in [4.78, 5) is 22.6. The van der Waals surface area contributed by atoms with Gasteiger partial charge < -0.3 is 10.4 Å². The molecule has 1 amide bonds. The number of aryl methyl sites for hydroxylation is 2. The predicted octanol–water partition coefficient (Wildman–Crippen LogP) is 2.95. The van der Waals surface area contributed by atoms with Crippen LogP contribution in [0.1, 0.15) is 37.8 Å². The molecule has 0 saturated carbocycles. The summed E-state index contributed by atoms with van der Waals surface area (Å²) in [6, 6.07) is 5.79. The molecule has 0 atom stereocenters. The van der Waals surface area contributed by atoms with Crippen LogP contribution >= 0.6 is 11.6 Å². The van der Waals surface area contributed by atoms with Gasteiger partial charge in [-0.2, -0.15) is 0 Å². The fraction of sp³-hybridized carbons (Fsp3) is 0.467. The van der Waals surface area contributed by atoms with Crippen LogP contribution in [-0.2, 0) is 16.0 Å². The summed E-state index contributed by atoms with van der Waals surface area (Å²) in [5.41, 5.74) is 0.909. The molecule has 20 heavy (non-hydrogen) atoms. The molecule has 2 N–H and O–H groups in total. The van der Waals surface area contributed by atoms with E-state index in [4.69, 9.17) is 16.7 Å². The second-order valence-corrected chi connectivity index (χ2v) is 5.82. The maximum absolute atomic E-state index is 11.7. The van der Waals surface area contributed by atoms with Gasteiger partial charge in [0.2, 0.25) is 5.91 Å². The number of carbonyl (C=O) groups is 2. The number of hydrogen-bond acceptors (Lipinski definition) is 2. The van der Waals surface area contributed by atoms with Gasteiger partial charge >= 0.3 is 5.97 Å². The lowest BCUT2D eigenvalue weighted by Crippen LogP contribution is -2.49. The van der Waals surface area contributed by atoms with Gasteiger partial charge in [-0.3, -0.25) is 4.79 Å². The van der Waals surface area contributed by atoms with Crippen molar-refractivity contribution in [1.29, 1.82) is 0 Å². The molecule has 0 aliphatic heterocycles. The third-order valence-electron chi connectivity index (χ3n) is 3.08. The van der Waals surface area contributed by atoms with Crippen molar-refractivity contribution in [3.63, 3.8) is 0 Å². The van der Waals surface area contributed by atoms with Gasteiger partial charge in [0, 0.05) is 11.4 Å². The molecule has 5 heteroatoms. The van der Waals surface area contributed by atoms with Crippen molar-refractivity contribution >= 4 is 23.5 Å². The van der Waals surface area contributed by atoms with Crippen molar-refractivity contribution in [2.75, 3.05) is 0 Å². The van der Waals surface area contributed by atoms with Gasteiger partial charge in [0.25, 0.3) is 0 Å². The molecule has 0 unspecified atom stereocenters. The van der Waals surface area contributed by atoms with E-state index in [0.29, 0.717) is 12.8 Å². The molecule has 0 radical (unpaired) electrons. The van der Waals surface area contributed by atoms with Crippen LogP contribution in [0.5, 0.6) is 0 Å². The predicted molar refractivity (Wildman–Crippen MR) is 79.0 cm³/mol. The number of carboxylic acid groups (broad SMARTS) is 1. The van der Waals surface area contributed by atoms with E-state index in [-0.39, 0.29) is 5.91 Å². The molecule has 0 saturated heterocycles. The molecule has 0 bridgehead atoms. The average Bonchev–Trinajstić information content (AvgIpc) is 2.33. The number of amides is 1. The summed E-state index contributed by atoms with van der Waals surface area (Å²) in [7, 11) is 0. The van der Waals surface area contributed by atoms with Crippen LogP contribution in [0.15, 0.2) is 18.2 Å². The zero-order valence-corrected chi connectivity index (χ0v) is 12.8. The van der Waals surface area contributed by atoms with Crippen LogP contribution in [-0.4, -0.2) is 22.5 Å². The Kier molecular flexibility index (Phi) is 5.57. The number of carboxylic acids is 1. The third-order valence-corrected chi connectivity index (χ3v) is 3.50. The highest BCUT2D eigenvalue weighted by Crippen LogP contribution is 2.17. The van der Waals surface area contributed by atoms with Crippen LogP contribution in [0.2, 0.25) is 5.02 Å². The number of halogens is 1. The van der Waals surface area contributed by atoms with Crippen LogP contribution in [0.3, 0.4) is 0 Å². The number of hydrogen-bond donors (Lipinski definition) is 2. The smallest absolute Gasteiger partial charge is 0.328 e. The lowest BCUT2D eigenvalue weighted by Gasteiger charge is -2.20. The van der Waals surface area contributed by atoms with Crippen LogP contribution in [0.25, 0.3) is 0 Å². The maximum Gasteiger partial charge on any atom is 0.328 e. The van der Waals surface area contributed by atoms with Crippen LogP contribution < -0.4 is 5.32 Å². The number of carbonyl (C=O) groups excluding carboxylic acids is 1. The summed E-state index contributed by atoms with van der Waals surface area (Å²) < 4.78 is 0. The van der Waals surface area contributed by atoms with E-state index in [0.717, 1.165) is 22.6 Å². The fourth-order valence-corrected chi connectivity index (χ4v) is 1.90. The van der Waals surface area contributed by atoms with E-state index < -0.39 is 11.5 Å². The Labute approximate surface area is 124 Å². The summed E-state index contributed by atoms with van der Waals surface area (Å²) >= 11 is 5.95. The normalized spacial score (nSPS) is 11.2. The number of nitrogens with one attached hydrogen (secondary N) is 1. The van der Waals surface area contributed by atoms with Crippen LogP contribution in [0, 0.1) is 6.92 Å². The standard InChI is InChI=1S/C15H20ClNO3/c1-10-9-11(7-8-12(10)16)5-4-6-13(18)17-15(2,3)14(19)20/h7-9H,4-6H2,1-3H3,(H,17,18)(H,19,20). The summed E-state index contributed by atoms with van der Waals surface area (Å²) in [5.74, 6) is -1.29. The Hall–Kier alpha value is -1.55. The van der Waals surface area contributed by atoms with Crippen molar-refractivity contribution in [1.82, 2.24) is 5.32 Å². The molecular formula is C15H20ClNO3. The molecular weight excluding hydrogens is 278 g/mol. The second kappa shape index (κ2) is 6.75. The summed E-state index contributed by atoms with van der Waals surface area (Å²) in [5, 5.41) is 12.2. The largest absolute Gasteiger partial charge is 0.480 e. The minimum atomic E-state index is -1.23. The Bertz CT molecular complexity index is 512. The van der Waals surface area contributed by atoms with Gasteiger partial charge in [-0.05, 0) is 50.8 Å². The van der Waals surface area contributed by atoms with E-state index >= 15 is 0 Å². The van der Waals surface area contributed by atoms with E-state index in [1.54, 1.807) is 0 Å². The highest BCUT2D eigenvalue weighted by Gasteiger charge is 2.28. The summed E-state index contributed by atoms with van der Waals surface area (Å²) in [6.07, 6.45) is 1.74. The highest BCUT2D eigenvalue weighted by atomic mass is 35.5. The molecule has 0 fully saturated rings. The Morgan fingerprint density at radius 3 is 2.55 bits per heavy atom. The van der Waals surface area contributed by atoms with E-state index in [2.05, 4.69) is 5.32 Å². The molecule has 4 nitrogen and oxygen atoms in total. The molecule has 0 aromatic heterocycles.